The fourth-order valence-corrected chi connectivity index (χ4v) is 4.91. The number of nitrogens with one attached hydrogen (secondary N) is 1. The highest BCUT2D eigenvalue weighted by molar-refractivity contribution is 6.42. The van der Waals surface area contributed by atoms with E-state index in [0.29, 0.717) is 22.3 Å². The molecule has 0 saturated carbocycles. The molecule has 1 N–H and O–H groups in total. The predicted octanol–water partition coefficient (Wildman–Crippen LogP) is 4.65. The van der Waals surface area contributed by atoms with Crippen molar-refractivity contribution in [2.24, 2.45) is 5.92 Å². The Balaban J connectivity index is 1.20. The van der Waals surface area contributed by atoms with E-state index in [1.807, 2.05) is 23.1 Å². The number of carbonyl (C=O) groups excluding carboxylic acids is 2. The van der Waals surface area contributed by atoms with Gasteiger partial charge in [-0.15, -0.1) is 0 Å². The number of rotatable bonds is 5. The molecule has 0 bridgehead atoms. The Kier molecular flexibility index (Phi) is 8.02. The molecule has 2 aliphatic heterocycles. The Morgan fingerprint density at radius 1 is 0.879 bits per heavy atom. The van der Waals surface area contributed by atoms with Gasteiger partial charge in [0.1, 0.15) is 0 Å². The second-order valence-electron chi connectivity index (χ2n) is 8.52. The van der Waals surface area contributed by atoms with Gasteiger partial charge in [-0.2, -0.15) is 0 Å². The van der Waals surface area contributed by atoms with Crippen molar-refractivity contribution < 1.29 is 9.59 Å². The lowest BCUT2D eigenvalue weighted by Crippen LogP contribution is -2.52. The maximum absolute atomic E-state index is 13.0. The average Bonchev–Trinajstić information content (AvgIpc) is 2.81. The fourth-order valence-electron chi connectivity index (χ4n) is 4.43. The van der Waals surface area contributed by atoms with Gasteiger partial charge in [0.15, 0.2) is 0 Å². The lowest BCUT2D eigenvalue weighted by atomic mass is 9.95. The molecule has 2 aromatic rings. The van der Waals surface area contributed by atoms with E-state index in [1.165, 1.54) is 0 Å². The van der Waals surface area contributed by atoms with Gasteiger partial charge in [-0.1, -0.05) is 40.9 Å². The number of piperazine rings is 1. The van der Waals surface area contributed by atoms with E-state index in [4.69, 9.17) is 34.8 Å². The van der Waals surface area contributed by atoms with Crippen molar-refractivity contribution in [1.29, 1.82) is 0 Å². The third-order valence-corrected chi connectivity index (χ3v) is 7.25. The maximum Gasteiger partial charge on any atom is 0.238 e. The SMILES string of the molecule is O=C(CN1CCC(C(=O)N2CCN(c3cccc(Cl)c3)CC2)CC1)Nc1ccc(Cl)c(Cl)c1. The van der Waals surface area contributed by atoms with E-state index < -0.39 is 0 Å². The van der Waals surface area contributed by atoms with Crippen LogP contribution in [0.3, 0.4) is 0 Å². The number of halogens is 3. The molecule has 33 heavy (non-hydrogen) atoms. The Bertz CT molecular complexity index is 1000. The summed E-state index contributed by atoms with van der Waals surface area (Å²) in [6, 6.07) is 12.9. The number of likely N-dealkylation sites (tertiary alicyclic amines) is 1. The van der Waals surface area contributed by atoms with Crippen LogP contribution in [0.1, 0.15) is 12.8 Å². The van der Waals surface area contributed by atoms with Crippen LogP contribution >= 0.6 is 34.8 Å². The van der Waals surface area contributed by atoms with Gasteiger partial charge in [0.05, 0.1) is 16.6 Å². The minimum Gasteiger partial charge on any atom is -0.368 e. The van der Waals surface area contributed by atoms with Crippen molar-refractivity contribution in [1.82, 2.24) is 9.80 Å². The molecule has 6 nitrogen and oxygen atoms in total. The van der Waals surface area contributed by atoms with Gasteiger partial charge in [0.2, 0.25) is 11.8 Å². The second kappa shape index (κ2) is 11.0. The molecular weight excluding hydrogens is 483 g/mol. The minimum absolute atomic E-state index is 0.0251. The third kappa shape index (κ3) is 6.33. The van der Waals surface area contributed by atoms with Gasteiger partial charge >= 0.3 is 0 Å². The van der Waals surface area contributed by atoms with Crippen LogP contribution in [0, 0.1) is 5.92 Å². The van der Waals surface area contributed by atoms with Crippen molar-refractivity contribution in [3.63, 3.8) is 0 Å². The average molecular weight is 510 g/mol. The Labute approximate surface area is 209 Å². The molecule has 2 amide bonds. The van der Waals surface area contributed by atoms with E-state index in [-0.39, 0.29) is 17.7 Å². The highest BCUT2D eigenvalue weighted by atomic mass is 35.5. The molecule has 9 heteroatoms. The minimum atomic E-state index is -0.102. The van der Waals surface area contributed by atoms with E-state index >= 15 is 0 Å². The number of hydrogen-bond acceptors (Lipinski definition) is 4. The quantitative estimate of drug-likeness (QED) is 0.638. The number of nitrogens with zero attached hydrogens (tertiary/aromatic N) is 3. The number of hydrogen-bond donors (Lipinski definition) is 1. The molecule has 0 radical (unpaired) electrons. The lowest BCUT2D eigenvalue weighted by Gasteiger charge is -2.39. The smallest absolute Gasteiger partial charge is 0.238 e. The summed E-state index contributed by atoms with van der Waals surface area (Å²) in [5.74, 6) is 0.160. The summed E-state index contributed by atoms with van der Waals surface area (Å²) in [6.45, 7) is 4.80. The summed E-state index contributed by atoms with van der Waals surface area (Å²) in [5.41, 5.74) is 1.72. The van der Waals surface area contributed by atoms with Crippen LogP contribution < -0.4 is 10.2 Å². The van der Waals surface area contributed by atoms with Crippen LogP contribution in [0.25, 0.3) is 0 Å². The van der Waals surface area contributed by atoms with Gasteiger partial charge in [-0.05, 0) is 62.3 Å². The largest absolute Gasteiger partial charge is 0.368 e. The Morgan fingerprint density at radius 3 is 2.27 bits per heavy atom. The van der Waals surface area contributed by atoms with Crippen LogP contribution in [0.2, 0.25) is 15.1 Å². The van der Waals surface area contributed by atoms with Gasteiger partial charge < -0.3 is 15.1 Å². The lowest BCUT2D eigenvalue weighted by molar-refractivity contribution is -0.137. The summed E-state index contributed by atoms with van der Waals surface area (Å²) in [7, 11) is 0. The van der Waals surface area contributed by atoms with Gasteiger partial charge in [-0.25, -0.2) is 0 Å². The molecule has 4 rings (SSSR count). The Hall–Kier alpha value is -1.99. The standard InChI is InChI=1S/C24H27Cl3N4O2/c25-18-2-1-3-20(14-18)30-10-12-31(13-11-30)24(33)17-6-8-29(9-7-17)16-23(32)28-19-4-5-21(26)22(27)15-19/h1-5,14-15,17H,6-13,16H2,(H,28,32). The van der Waals surface area contributed by atoms with Crippen molar-refractivity contribution >= 4 is 58.0 Å². The normalized spacial score (nSPS) is 17.8. The summed E-state index contributed by atoms with van der Waals surface area (Å²) >= 11 is 18.0. The van der Waals surface area contributed by atoms with Crippen LogP contribution in [0.15, 0.2) is 42.5 Å². The number of carbonyl (C=O) groups is 2. The summed E-state index contributed by atoms with van der Waals surface area (Å²) in [5, 5.41) is 4.43. The molecule has 0 unspecified atom stereocenters. The molecule has 0 atom stereocenters. The molecule has 2 saturated heterocycles. The maximum atomic E-state index is 13.0. The molecule has 176 valence electrons. The van der Waals surface area contributed by atoms with E-state index in [1.54, 1.807) is 18.2 Å². The highest BCUT2D eigenvalue weighted by Gasteiger charge is 2.31. The first-order chi connectivity index (χ1) is 15.9. The Morgan fingerprint density at radius 2 is 1.61 bits per heavy atom. The molecular formula is C24H27Cl3N4O2. The number of benzene rings is 2. The fraction of sp³-hybridized carbons (Fsp3) is 0.417. The van der Waals surface area contributed by atoms with E-state index in [2.05, 4.69) is 21.2 Å². The second-order valence-corrected chi connectivity index (χ2v) is 9.77. The molecule has 2 fully saturated rings. The molecule has 2 aliphatic rings. The van der Waals surface area contributed by atoms with Crippen molar-refractivity contribution in [2.45, 2.75) is 12.8 Å². The van der Waals surface area contributed by atoms with Crippen LogP contribution in [-0.2, 0) is 9.59 Å². The zero-order valence-corrected chi connectivity index (χ0v) is 20.5. The highest BCUT2D eigenvalue weighted by Crippen LogP contribution is 2.26. The first-order valence-corrected chi connectivity index (χ1v) is 12.3. The third-order valence-electron chi connectivity index (χ3n) is 6.27. The number of piperidine rings is 1. The first-order valence-electron chi connectivity index (χ1n) is 11.2. The molecule has 0 aliphatic carbocycles. The van der Waals surface area contributed by atoms with Gasteiger partial charge in [0, 0.05) is 48.5 Å². The topological polar surface area (TPSA) is 55.9 Å². The summed E-state index contributed by atoms with van der Waals surface area (Å²) < 4.78 is 0. The zero-order chi connectivity index (χ0) is 23.4. The molecule has 2 aromatic carbocycles. The summed E-state index contributed by atoms with van der Waals surface area (Å²) in [4.78, 5) is 31.8. The van der Waals surface area contributed by atoms with E-state index in [0.717, 1.165) is 62.8 Å². The van der Waals surface area contributed by atoms with Gasteiger partial charge in [-0.3, -0.25) is 14.5 Å². The van der Waals surface area contributed by atoms with Crippen molar-refractivity contribution in [2.75, 3.05) is 56.0 Å². The van der Waals surface area contributed by atoms with Crippen molar-refractivity contribution in [3.8, 4) is 0 Å². The van der Waals surface area contributed by atoms with Crippen LogP contribution in [0.4, 0.5) is 11.4 Å². The van der Waals surface area contributed by atoms with Gasteiger partial charge in [0.25, 0.3) is 0 Å². The van der Waals surface area contributed by atoms with E-state index in [9.17, 15) is 9.59 Å². The monoisotopic (exact) mass is 508 g/mol. The zero-order valence-electron chi connectivity index (χ0n) is 18.3. The van der Waals surface area contributed by atoms with Crippen molar-refractivity contribution in [3.05, 3.63) is 57.5 Å². The summed E-state index contributed by atoms with van der Waals surface area (Å²) in [6.07, 6.45) is 1.54. The molecule has 0 spiro atoms. The predicted molar refractivity (Wildman–Crippen MR) is 135 cm³/mol. The number of anilines is 2. The molecule has 0 aromatic heterocycles. The first kappa shape index (κ1) is 24.1. The van der Waals surface area contributed by atoms with Crippen LogP contribution in [0.5, 0.6) is 0 Å². The number of amides is 2. The molecule has 2 heterocycles. The van der Waals surface area contributed by atoms with Crippen LogP contribution in [-0.4, -0.2) is 67.4 Å².